The van der Waals surface area contributed by atoms with Gasteiger partial charge in [-0.15, -0.1) is 0 Å². The van der Waals surface area contributed by atoms with Crippen LogP contribution in [-0.4, -0.2) is 49.1 Å². The Labute approximate surface area is 226 Å². The number of amides is 1. The molecule has 1 saturated carbocycles. The maximum absolute atomic E-state index is 12.8. The van der Waals surface area contributed by atoms with Gasteiger partial charge in [0.1, 0.15) is 5.69 Å². The molecule has 5 aromatic heterocycles. The van der Waals surface area contributed by atoms with Gasteiger partial charge in [-0.1, -0.05) is 19.3 Å². The van der Waals surface area contributed by atoms with Crippen molar-refractivity contribution in [2.75, 3.05) is 23.3 Å². The quantitative estimate of drug-likeness (QED) is 0.259. The Morgan fingerprint density at radius 2 is 1.67 bits per heavy atom. The zero-order chi connectivity index (χ0) is 26.2. The van der Waals surface area contributed by atoms with Crippen molar-refractivity contribution in [2.45, 2.75) is 51.4 Å². The van der Waals surface area contributed by atoms with Crippen LogP contribution in [0.4, 0.5) is 11.4 Å². The van der Waals surface area contributed by atoms with E-state index in [9.17, 15) is 4.79 Å². The first-order valence-corrected chi connectivity index (χ1v) is 14.1. The van der Waals surface area contributed by atoms with E-state index >= 15 is 0 Å². The Morgan fingerprint density at radius 1 is 0.846 bits per heavy atom. The number of aromatic amines is 2. The van der Waals surface area contributed by atoms with Gasteiger partial charge >= 0.3 is 0 Å². The Kier molecular flexibility index (Phi) is 6.19. The van der Waals surface area contributed by atoms with E-state index in [2.05, 4.69) is 46.4 Å². The topological polar surface area (TPSA) is 115 Å². The minimum absolute atomic E-state index is 0.0893. The van der Waals surface area contributed by atoms with E-state index in [-0.39, 0.29) is 11.8 Å². The summed E-state index contributed by atoms with van der Waals surface area (Å²) >= 11 is 0. The first-order chi connectivity index (χ1) is 19.2. The minimum Gasteiger partial charge on any atom is -0.370 e. The fourth-order valence-corrected chi connectivity index (χ4v) is 6.09. The number of pyridine rings is 3. The van der Waals surface area contributed by atoms with Gasteiger partial charge in [0.2, 0.25) is 5.91 Å². The number of aromatic nitrogens is 6. The monoisotopic (exact) mass is 520 g/mol. The van der Waals surface area contributed by atoms with Gasteiger partial charge in [0.25, 0.3) is 0 Å². The van der Waals surface area contributed by atoms with Crippen molar-refractivity contribution in [2.24, 2.45) is 5.92 Å². The molecule has 198 valence electrons. The highest BCUT2D eigenvalue weighted by atomic mass is 16.1. The lowest BCUT2D eigenvalue weighted by atomic mass is 9.88. The molecule has 39 heavy (non-hydrogen) atoms. The second kappa shape index (κ2) is 10.1. The summed E-state index contributed by atoms with van der Waals surface area (Å²) in [6.07, 6.45) is 18.3. The molecule has 9 nitrogen and oxygen atoms in total. The fraction of sp³-hybridized carbons (Fsp3) is 0.367. The third kappa shape index (κ3) is 4.62. The second-order valence-corrected chi connectivity index (χ2v) is 10.8. The summed E-state index contributed by atoms with van der Waals surface area (Å²) in [5.41, 5.74) is 7.13. The van der Waals surface area contributed by atoms with Crippen LogP contribution in [0.3, 0.4) is 0 Å². The summed E-state index contributed by atoms with van der Waals surface area (Å²) in [4.78, 5) is 32.3. The van der Waals surface area contributed by atoms with E-state index in [1.165, 1.54) is 31.4 Å². The third-order valence-electron chi connectivity index (χ3n) is 8.20. The zero-order valence-corrected chi connectivity index (χ0v) is 21.9. The number of anilines is 2. The third-order valence-corrected chi connectivity index (χ3v) is 8.20. The number of carbonyl (C=O) groups is 1. The molecular formula is C30H32N8O. The molecule has 5 aromatic rings. The predicted molar refractivity (Wildman–Crippen MR) is 153 cm³/mol. The lowest BCUT2D eigenvalue weighted by Crippen LogP contribution is -2.29. The highest BCUT2D eigenvalue weighted by Gasteiger charge is 2.22. The van der Waals surface area contributed by atoms with Crippen molar-refractivity contribution in [3.63, 3.8) is 0 Å². The molecular weight excluding hydrogens is 488 g/mol. The fourth-order valence-electron chi connectivity index (χ4n) is 6.09. The Hall–Kier alpha value is -4.27. The minimum atomic E-state index is 0.0893. The van der Waals surface area contributed by atoms with E-state index in [0.717, 1.165) is 83.2 Å². The number of fused-ring (bicyclic) bond motifs is 2. The largest absolute Gasteiger partial charge is 0.370 e. The molecule has 0 bridgehead atoms. The molecule has 0 unspecified atom stereocenters. The maximum atomic E-state index is 12.8. The number of hydrogen-bond donors (Lipinski definition) is 3. The molecule has 2 aliphatic rings. The molecule has 2 fully saturated rings. The molecule has 3 N–H and O–H groups in total. The number of piperidine rings is 1. The summed E-state index contributed by atoms with van der Waals surface area (Å²) in [5.74, 6) is 0.179. The summed E-state index contributed by atoms with van der Waals surface area (Å²) in [6, 6.07) is 6.16. The van der Waals surface area contributed by atoms with Gasteiger partial charge in [0.05, 0.1) is 58.6 Å². The van der Waals surface area contributed by atoms with Crippen molar-refractivity contribution in [3.8, 4) is 22.6 Å². The van der Waals surface area contributed by atoms with E-state index in [1.54, 1.807) is 18.6 Å². The van der Waals surface area contributed by atoms with E-state index in [1.807, 2.05) is 24.5 Å². The number of H-pyrrole nitrogens is 2. The highest BCUT2D eigenvalue weighted by Crippen LogP contribution is 2.35. The van der Waals surface area contributed by atoms with Crippen LogP contribution in [0.25, 0.3) is 44.5 Å². The molecule has 7 rings (SSSR count). The van der Waals surface area contributed by atoms with Gasteiger partial charge in [-0.2, -0.15) is 5.10 Å². The molecule has 0 spiro atoms. The molecule has 9 heteroatoms. The number of carbonyl (C=O) groups excluding carboxylic acids is 1. The molecule has 0 aromatic carbocycles. The average molecular weight is 521 g/mol. The predicted octanol–water partition coefficient (Wildman–Crippen LogP) is 6.07. The Balaban J connectivity index is 1.20. The SMILES string of the molecule is O=C(Nc1cncc(-c2cc3c(-c4cc5c(N6CCCCC6)cncc5[nH]4)n[nH]c3cn2)c1)C1CCCCC1. The number of rotatable bonds is 5. The standard InChI is InChI=1S/C30H32N8O/c39-30(19-7-3-1-4-8-19)34-21-11-20(14-31-15-21)24-13-23-27(17-33-24)36-37-29(23)25-12-22-26(35-25)16-32-18-28(22)38-9-5-2-6-10-38/h11-19,35H,1-10H2,(H,34,39)(H,36,37). The van der Waals surface area contributed by atoms with Gasteiger partial charge in [0.15, 0.2) is 0 Å². The normalized spacial score (nSPS) is 16.7. The van der Waals surface area contributed by atoms with Crippen LogP contribution in [-0.2, 0) is 4.79 Å². The Bertz CT molecular complexity index is 1640. The molecule has 0 atom stereocenters. The van der Waals surface area contributed by atoms with Crippen molar-refractivity contribution >= 4 is 39.1 Å². The van der Waals surface area contributed by atoms with Gasteiger partial charge in [-0.3, -0.25) is 24.8 Å². The number of hydrogen-bond acceptors (Lipinski definition) is 6. The summed E-state index contributed by atoms with van der Waals surface area (Å²) in [6.45, 7) is 2.13. The second-order valence-electron chi connectivity index (χ2n) is 10.8. The summed E-state index contributed by atoms with van der Waals surface area (Å²) in [7, 11) is 0. The van der Waals surface area contributed by atoms with Crippen LogP contribution < -0.4 is 10.2 Å². The summed E-state index contributed by atoms with van der Waals surface area (Å²) in [5, 5.41) is 13.0. The molecule has 1 amide bonds. The maximum Gasteiger partial charge on any atom is 0.227 e. The van der Waals surface area contributed by atoms with Crippen molar-refractivity contribution < 1.29 is 4.79 Å². The first-order valence-electron chi connectivity index (χ1n) is 14.1. The van der Waals surface area contributed by atoms with Crippen LogP contribution in [0.5, 0.6) is 0 Å². The van der Waals surface area contributed by atoms with Crippen LogP contribution in [0.15, 0.2) is 49.2 Å². The van der Waals surface area contributed by atoms with Crippen molar-refractivity contribution in [1.29, 1.82) is 0 Å². The summed E-state index contributed by atoms with van der Waals surface area (Å²) < 4.78 is 0. The lowest BCUT2D eigenvalue weighted by molar-refractivity contribution is -0.120. The molecule has 1 saturated heterocycles. The van der Waals surface area contributed by atoms with Crippen LogP contribution in [0.1, 0.15) is 51.4 Å². The van der Waals surface area contributed by atoms with Crippen LogP contribution in [0.2, 0.25) is 0 Å². The smallest absolute Gasteiger partial charge is 0.227 e. The highest BCUT2D eigenvalue weighted by molar-refractivity contribution is 6.00. The molecule has 6 heterocycles. The van der Waals surface area contributed by atoms with Crippen molar-refractivity contribution in [3.05, 3.63) is 49.2 Å². The van der Waals surface area contributed by atoms with Crippen molar-refractivity contribution in [1.82, 2.24) is 30.1 Å². The first kappa shape index (κ1) is 23.8. The van der Waals surface area contributed by atoms with Gasteiger partial charge in [-0.05, 0) is 50.3 Å². The van der Waals surface area contributed by atoms with Crippen LogP contribution in [0, 0.1) is 5.92 Å². The molecule has 1 aliphatic heterocycles. The Morgan fingerprint density at radius 3 is 2.54 bits per heavy atom. The molecule has 1 aliphatic carbocycles. The number of nitrogens with zero attached hydrogens (tertiary/aromatic N) is 5. The average Bonchev–Trinajstić information content (AvgIpc) is 3.62. The van der Waals surface area contributed by atoms with Crippen LogP contribution >= 0.6 is 0 Å². The van der Waals surface area contributed by atoms with E-state index < -0.39 is 0 Å². The van der Waals surface area contributed by atoms with E-state index in [0.29, 0.717) is 5.69 Å². The van der Waals surface area contributed by atoms with Gasteiger partial charge < -0.3 is 15.2 Å². The zero-order valence-electron chi connectivity index (χ0n) is 21.9. The van der Waals surface area contributed by atoms with Gasteiger partial charge in [-0.25, -0.2) is 0 Å². The van der Waals surface area contributed by atoms with Gasteiger partial charge in [0, 0.05) is 41.5 Å². The van der Waals surface area contributed by atoms with E-state index in [4.69, 9.17) is 0 Å². The molecule has 0 radical (unpaired) electrons. The number of nitrogens with one attached hydrogen (secondary N) is 3. The lowest BCUT2D eigenvalue weighted by Gasteiger charge is -2.28.